The van der Waals surface area contributed by atoms with Gasteiger partial charge in [-0.25, -0.2) is 4.85 Å². The van der Waals surface area contributed by atoms with Crippen molar-refractivity contribution in [2.45, 2.75) is 65.2 Å². The van der Waals surface area contributed by atoms with Gasteiger partial charge in [0.2, 0.25) is 10.8 Å². The van der Waals surface area contributed by atoms with E-state index in [2.05, 4.69) is 11.8 Å². The molecule has 0 aromatic heterocycles. The molecule has 0 heterocycles. The molecule has 0 aliphatic heterocycles. The maximum Gasteiger partial charge on any atom is 0.248 e. The highest BCUT2D eigenvalue weighted by atomic mass is 32.2. The fourth-order valence-corrected chi connectivity index (χ4v) is 4.26. The summed E-state index contributed by atoms with van der Waals surface area (Å²) in [6.07, 6.45) is 9.99. The predicted molar refractivity (Wildman–Crippen MR) is 130 cm³/mol. The molecule has 2 rings (SSSR count). The van der Waals surface area contributed by atoms with Gasteiger partial charge in [-0.1, -0.05) is 124 Å². The minimum Gasteiger partial charge on any atom is -0.295 e. The molecular weight excluding hydrogens is 386 g/mol. The number of nitrogens with zero attached hydrogens (tertiary/aromatic N) is 1. The number of benzene rings is 2. The van der Waals surface area contributed by atoms with Crippen LogP contribution in [0.2, 0.25) is 0 Å². The van der Waals surface area contributed by atoms with Gasteiger partial charge in [0.05, 0.1) is 6.57 Å². The van der Waals surface area contributed by atoms with Crippen molar-refractivity contribution in [3.8, 4) is 0 Å². The number of aryl methyl sites for hydroxylation is 1. The molecule has 0 aliphatic carbocycles. The first-order valence-electron chi connectivity index (χ1n) is 11.1. The number of rotatable bonds is 12. The highest BCUT2D eigenvalue weighted by Crippen LogP contribution is 2.31. The molecule has 0 bridgehead atoms. The third-order valence-electron chi connectivity index (χ3n) is 5.18. The van der Waals surface area contributed by atoms with Crippen LogP contribution in [0.4, 0.5) is 0 Å². The second-order valence-corrected chi connectivity index (χ2v) is 8.75. The fraction of sp³-hybridized carbons (Fsp3) is 0.407. The van der Waals surface area contributed by atoms with E-state index in [4.69, 9.17) is 6.57 Å². The van der Waals surface area contributed by atoms with Crippen LogP contribution < -0.4 is 0 Å². The van der Waals surface area contributed by atoms with E-state index >= 15 is 0 Å². The molecule has 0 atom stereocenters. The Balaban J connectivity index is 2.03. The van der Waals surface area contributed by atoms with Crippen LogP contribution in [0, 0.1) is 13.5 Å². The first-order chi connectivity index (χ1) is 14.7. The minimum absolute atomic E-state index is 0.118. The number of carbonyl (C=O) groups is 1. The molecule has 158 valence electrons. The van der Waals surface area contributed by atoms with Crippen molar-refractivity contribution in [2.24, 2.45) is 0 Å². The van der Waals surface area contributed by atoms with Crippen LogP contribution in [0.3, 0.4) is 0 Å². The second-order valence-electron chi connectivity index (χ2n) is 7.68. The van der Waals surface area contributed by atoms with Crippen molar-refractivity contribution < 1.29 is 4.79 Å². The van der Waals surface area contributed by atoms with E-state index in [0.29, 0.717) is 0 Å². The summed E-state index contributed by atoms with van der Waals surface area (Å²) in [7, 11) is 0. The Morgan fingerprint density at radius 3 is 2.00 bits per heavy atom. The maximum atomic E-state index is 12.9. The molecule has 30 heavy (non-hydrogen) atoms. The first-order valence-corrected chi connectivity index (χ1v) is 12.1. The summed E-state index contributed by atoms with van der Waals surface area (Å²) in [5, 5.41) is -0.118. The monoisotopic (exact) mass is 419 g/mol. The quantitative estimate of drug-likeness (QED) is 0.197. The van der Waals surface area contributed by atoms with Gasteiger partial charge < -0.3 is 0 Å². The Morgan fingerprint density at radius 2 is 1.40 bits per heavy atom. The number of thioether (sulfide) groups is 1. The summed E-state index contributed by atoms with van der Waals surface area (Å²) in [5.74, 6) is 0.781. The zero-order valence-electron chi connectivity index (χ0n) is 18.3. The van der Waals surface area contributed by atoms with Crippen molar-refractivity contribution in [3.05, 3.63) is 88.4 Å². The average molecular weight is 420 g/mol. The molecule has 2 nitrogen and oxygen atoms in total. The second kappa shape index (κ2) is 13.8. The molecule has 2 aromatic rings. The van der Waals surface area contributed by atoms with Gasteiger partial charge in [0.25, 0.3) is 0 Å². The molecule has 0 amide bonds. The highest BCUT2D eigenvalue weighted by Gasteiger charge is 2.19. The summed E-state index contributed by atoms with van der Waals surface area (Å²) in [6.45, 7) is 12.0. The van der Waals surface area contributed by atoms with E-state index in [0.717, 1.165) is 40.9 Å². The largest absolute Gasteiger partial charge is 0.295 e. The minimum atomic E-state index is -0.118. The summed E-state index contributed by atoms with van der Waals surface area (Å²) >= 11 is 1.29. The molecule has 0 saturated heterocycles. The van der Waals surface area contributed by atoms with Crippen molar-refractivity contribution in [3.63, 3.8) is 0 Å². The zero-order chi connectivity index (χ0) is 21.6. The fourth-order valence-electron chi connectivity index (χ4n) is 3.44. The van der Waals surface area contributed by atoms with E-state index in [-0.39, 0.29) is 10.8 Å². The topological polar surface area (TPSA) is 21.4 Å². The van der Waals surface area contributed by atoms with Gasteiger partial charge in [0, 0.05) is 0 Å². The smallest absolute Gasteiger partial charge is 0.248 e. The summed E-state index contributed by atoms with van der Waals surface area (Å²) in [4.78, 5) is 16.6. The van der Waals surface area contributed by atoms with Crippen molar-refractivity contribution in [1.29, 1.82) is 0 Å². The van der Waals surface area contributed by atoms with Crippen molar-refractivity contribution in [1.82, 2.24) is 0 Å². The first kappa shape index (κ1) is 24.0. The van der Waals surface area contributed by atoms with Crippen LogP contribution in [0.25, 0.3) is 10.4 Å². The molecule has 3 heteroatoms. The van der Waals surface area contributed by atoms with E-state index in [9.17, 15) is 4.79 Å². The lowest BCUT2D eigenvalue weighted by molar-refractivity contribution is -0.107. The SMILES string of the molecule is [C-]#[N+]/C(C(=O)SCCCCCCCCCC)=C(/c1ccccc1)c1ccc(C)cc1. The molecular formula is C27H33NOS. The predicted octanol–water partition coefficient (Wildman–Crippen LogP) is 8.07. The van der Waals surface area contributed by atoms with E-state index < -0.39 is 0 Å². The summed E-state index contributed by atoms with van der Waals surface area (Å²) < 4.78 is 0. The molecule has 0 saturated carbocycles. The van der Waals surface area contributed by atoms with Gasteiger partial charge in [-0.3, -0.25) is 4.79 Å². The Bertz CT molecular complexity index is 847. The lowest BCUT2D eigenvalue weighted by atomic mass is 9.95. The number of hydrogen-bond donors (Lipinski definition) is 0. The lowest BCUT2D eigenvalue weighted by Gasteiger charge is -2.12. The Morgan fingerprint density at radius 1 is 0.833 bits per heavy atom. The van der Waals surface area contributed by atoms with Gasteiger partial charge in [0.15, 0.2) is 0 Å². The molecule has 0 N–H and O–H groups in total. The third-order valence-corrected chi connectivity index (χ3v) is 6.12. The number of hydrogen-bond acceptors (Lipinski definition) is 2. The van der Waals surface area contributed by atoms with Crippen LogP contribution in [0.15, 0.2) is 60.3 Å². The Kier molecular flexibility index (Phi) is 11.0. The van der Waals surface area contributed by atoms with Gasteiger partial charge in [-0.05, 0) is 35.8 Å². The molecule has 0 fully saturated rings. The molecule has 2 aromatic carbocycles. The van der Waals surface area contributed by atoms with Crippen molar-refractivity contribution >= 4 is 22.5 Å². The van der Waals surface area contributed by atoms with Gasteiger partial charge >= 0.3 is 0 Å². The van der Waals surface area contributed by atoms with Crippen LogP contribution in [0.5, 0.6) is 0 Å². The third kappa shape index (κ3) is 7.84. The summed E-state index contributed by atoms with van der Waals surface area (Å²) in [5.41, 5.74) is 3.95. The molecule has 0 unspecified atom stereocenters. The van der Waals surface area contributed by atoms with Crippen LogP contribution in [0.1, 0.15) is 75.0 Å². The van der Waals surface area contributed by atoms with E-state index in [1.807, 2.05) is 61.5 Å². The Labute approximate surface area is 186 Å². The van der Waals surface area contributed by atoms with Crippen LogP contribution >= 0.6 is 11.8 Å². The van der Waals surface area contributed by atoms with Crippen LogP contribution in [-0.4, -0.2) is 10.9 Å². The Hall–Kier alpha value is -2.31. The summed E-state index contributed by atoms with van der Waals surface area (Å²) in [6, 6.07) is 17.8. The standard InChI is InChI=1S/C27H33NOS/c1-4-5-6-7-8-9-10-14-21-30-27(29)26(28-3)25(23-15-12-11-13-16-23)24-19-17-22(2)18-20-24/h11-13,15-20H,4-10,14,21H2,1-2H3/b26-25-. The molecule has 0 spiro atoms. The van der Waals surface area contributed by atoms with Gasteiger partial charge in [-0.15, -0.1) is 0 Å². The van der Waals surface area contributed by atoms with Crippen molar-refractivity contribution in [2.75, 3.05) is 5.75 Å². The van der Waals surface area contributed by atoms with Gasteiger partial charge in [0.1, 0.15) is 0 Å². The average Bonchev–Trinajstić information content (AvgIpc) is 2.77. The molecule has 0 aliphatic rings. The normalized spacial score (nSPS) is 11.6. The van der Waals surface area contributed by atoms with Crippen LogP contribution in [-0.2, 0) is 4.79 Å². The van der Waals surface area contributed by atoms with E-state index in [1.54, 1.807) is 0 Å². The highest BCUT2D eigenvalue weighted by molar-refractivity contribution is 8.14. The van der Waals surface area contributed by atoms with E-state index in [1.165, 1.54) is 50.3 Å². The number of carbonyl (C=O) groups excluding carboxylic acids is 1. The molecule has 0 radical (unpaired) electrons. The maximum absolute atomic E-state index is 12.9. The number of unbranched alkanes of at least 4 members (excludes halogenated alkanes) is 7. The lowest BCUT2D eigenvalue weighted by Crippen LogP contribution is -2.01. The van der Waals surface area contributed by atoms with Gasteiger partial charge in [-0.2, -0.15) is 0 Å². The zero-order valence-corrected chi connectivity index (χ0v) is 19.1.